The molecule has 2 atom stereocenters. The average molecular weight is 161 g/mol. The average Bonchev–Trinajstić information content (AvgIpc) is 2.48. The minimum atomic E-state index is 0.165. The SMILES string of the molecule is CCC12P3C4(C)P1[P+]342. The molecule has 2 unspecified atom stereocenters. The number of rotatable bonds is 1. The highest BCUT2D eigenvalue weighted by atomic mass is 32.7. The van der Waals surface area contributed by atoms with Crippen molar-refractivity contribution in [2.45, 2.75) is 29.5 Å². The normalized spacial score (nSPS) is 101. The van der Waals surface area contributed by atoms with Crippen LogP contribution in [0.2, 0.25) is 0 Å². The molecule has 0 aromatic rings. The fourth-order valence-corrected chi connectivity index (χ4v) is 49.3. The Balaban J connectivity index is 1.94. The van der Waals surface area contributed by atoms with Crippen LogP contribution in [0.5, 0.6) is 0 Å². The zero-order chi connectivity index (χ0) is 5.36. The van der Waals surface area contributed by atoms with Crippen LogP contribution < -0.4 is 0 Å². The van der Waals surface area contributed by atoms with Gasteiger partial charge in [-0.05, 0) is 13.3 Å². The van der Waals surface area contributed by atoms with E-state index in [0.29, 0.717) is 0 Å². The minimum Gasteiger partial charge on any atom is -0.0603 e. The first-order chi connectivity index (χ1) is 3.79. The third kappa shape index (κ3) is 0.114. The topological polar surface area (TPSA) is 0 Å². The summed E-state index contributed by atoms with van der Waals surface area (Å²) in [6.45, 7) is 5.19. The monoisotopic (exact) mass is 161 g/mol. The summed E-state index contributed by atoms with van der Waals surface area (Å²) in [6.07, 6.45) is 1.60. The Morgan fingerprint density at radius 3 is 2.12 bits per heavy atom. The highest BCUT2D eigenvalue weighted by Gasteiger charge is 3.52. The molecule has 8 heavy (non-hydrogen) atoms. The van der Waals surface area contributed by atoms with Crippen LogP contribution in [-0.4, -0.2) is 9.28 Å². The first kappa shape index (κ1) is 4.23. The van der Waals surface area contributed by atoms with Crippen LogP contribution >= 0.6 is 21.9 Å². The molecule has 4 rings (SSSR count). The predicted molar refractivity (Wildman–Crippen MR) is 42.2 cm³/mol. The van der Waals surface area contributed by atoms with Gasteiger partial charge in [0.05, 0.1) is 0 Å². The molecule has 0 aromatic carbocycles. The molecule has 0 aliphatic carbocycles. The molecule has 42 valence electrons. The van der Waals surface area contributed by atoms with Gasteiger partial charge in [0.2, 0.25) is 4.64 Å². The zero-order valence-corrected chi connectivity index (χ0v) is 7.73. The van der Waals surface area contributed by atoms with Gasteiger partial charge in [0.15, 0.2) is 19.9 Å². The van der Waals surface area contributed by atoms with Crippen molar-refractivity contribution >= 4 is 21.9 Å². The smallest absolute Gasteiger partial charge is 0.0603 e. The molecule has 4 fully saturated rings. The summed E-state index contributed by atoms with van der Waals surface area (Å²) in [5, 5.41) is 0. The van der Waals surface area contributed by atoms with Crippen molar-refractivity contribution in [3.05, 3.63) is 0 Å². The molecule has 0 N–H and O–H groups in total. The van der Waals surface area contributed by atoms with Gasteiger partial charge in [0.1, 0.15) is 6.64 Å². The summed E-state index contributed by atoms with van der Waals surface area (Å²) in [7, 11) is 1.69. The maximum atomic E-state index is 2.59. The molecule has 0 nitrogen and oxygen atoms in total. The van der Waals surface area contributed by atoms with E-state index in [2.05, 4.69) is 13.8 Å². The molecule has 3 heteroatoms. The zero-order valence-electron chi connectivity index (χ0n) is 5.05. The van der Waals surface area contributed by atoms with E-state index in [1.807, 2.05) is 0 Å². The van der Waals surface area contributed by atoms with Crippen LogP contribution in [0, 0.1) is 0 Å². The van der Waals surface area contributed by atoms with Gasteiger partial charge in [-0.2, -0.15) is 0 Å². The van der Waals surface area contributed by atoms with Gasteiger partial charge < -0.3 is 0 Å². The van der Waals surface area contributed by atoms with E-state index in [1.165, 1.54) is 9.28 Å². The minimum absolute atomic E-state index is 0.165. The lowest BCUT2D eigenvalue weighted by Gasteiger charge is -2.12. The molecule has 0 aromatic heterocycles. The Hall–Kier alpha value is 1.29. The predicted octanol–water partition coefficient (Wildman–Crippen LogP) is 3.59. The maximum Gasteiger partial charge on any atom is 0.201 e. The van der Waals surface area contributed by atoms with Gasteiger partial charge in [0.25, 0.3) is 0 Å². The summed E-state index contributed by atoms with van der Waals surface area (Å²) in [5.41, 5.74) is 0. The third-order valence-electron chi connectivity index (χ3n) is 3.47. The standard InChI is InChI=1S/C5H8P3/c1-3-5-6-4(2)7(5)8(4,5)6/h3H2,1-2H3/q+1. The molecular formula is C5H8P3+. The van der Waals surface area contributed by atoms with Crippen LogP contribution in [0.4, 0.5) is 0 Å². The van der Waals surface area contributed by atoms with E-state index >= 15 is 0 Å². The fourth-order valence-electron chi connectivity index (χ4n) is 3.06. The van der Waals surface area contributed by atoms with E-state index in [9.17, 15) is 0 Å². The summed E-state index contributed by atoms with van der Waals surface area (Å²) in [6, 6.07) is 0. The molecule has 4 aliphatic rings. The fraction of sp³-hybridized carbons (Fsp3) is 1.00. The summed E-state index contributed by atoms with van der Waals surface area (Å²) in [5.74, 6) is 0. The Labute approximate surface area is 52.0 Å². The lowest BCUT2D eigenvalue weighted by Crippen LogP contribution is -2.13. The van der Waals surface area contributed by atoms with Gasteiger partial charge >= 0.3 is 0 Å². The Kier molecular flexibility index (Phi) is 0.337. The lowest BCUT2D eigenvalue weighted by atomic mass is 10.6. The largest absolute Gasteiger partial charge is 0.201 e. The molecule has 4 aliphatic heterocycles. The Bertz CT molecular complexity index is 212. The van der Waals surface area contributed by atoms with Gasteiger partial charge in [-0.1, -0.05) is 6.92 Å². The quantitative estimate of drug-likeness (QED) is 0.515. The van der Waals surface area contributed by atoms with Crippen LogP contribution in [0.25, 0.3) is 0 Å². The van der Waals surface area contributed by atoms with E-state index in [1.54, 1.807) is 6.42 Å². The summed E-state index contributed by atoms with van der Waals surface area (Å²) < 4.78 is 2.47. The highest BCUT2D eigenvalue weighted by molar-refractivity contribution is 9.26. The maximum absolute atomic E-state index is 2.59. The van der Waals surface area contributed by atoms with Gasteiger partial charge in [-0.25, -0.2) is 0 Å². The number of hydrogen-bond donors (Lipinski definition) is 0. The van der Waals surface area contributed by atoms with Crippen molar-refractivity contribution in [2.24, 2.45) is 0 Å². The second kappa shape index (κ2) is 0.637. The summed E-state index contributed by atoms with van der Waals surface area (Å²) in [4.78, 5) is 0. The second-order valence-electron chi connectivity index (χ2n) is 3.32. The Morgan fingerprint density at radius 2 is 2.00 bits per heavy atom. The molecule has 4 heterocycles. The van der Waals surface area contributed by atoms with Crippen molar-refractivity contribution in [2.75, 3.05) is 0 Å². The molecule has 1 spiro atoms. The lowest BCUT2D eigenvalue weighted by molar-refractivity contribution is 0.960. The summed E-state index contributed by atoms with van der Waals surface area (Å²) >= 11 is 0. The van der Waals surface area contributed by atoms with Gasteiger partial charge in [0, 0.05) is 0 Å². The number of hydrogen-bond acceptors (Lipinski definition) is 0. The molecule has 0 saturated carbocycles. The van der Waals surface area contributed by atoms with Crippen LogP contribution in [0.15, 0.2) is 0 Å². The van der Waals surface area contributed by atoms with Crippen molar-refractivity contribution in [3.8, 4) is 0 Å². The van der Waals surface area contributed by atoms with Crippen LogP contribution in [0.1, 0.15) is 20.3 Å². The van der Waals surface area contributed by atoms with Gasteiger partial charge in [-0.15, -0.1) is 0 Å². The second-order valence-corrected chi connectivity index (χ2v) is 19.8. The molecular weight excluding hydrogens is 153 g/mol. The van der Waals surface area contributed by atoms with Gasteiger partial charge in [-0.3, -0.25) is 0 Å². The first-order valence-corrected chi connectivity index (χ1v) is 9.19. The van der Waals surface area contributed by atoms with Crippen molar-refractivity contribution < 1.29 is 0 Å². The molecule has 4 saturated heterocycles. The highest BCUT2D eigenvalue weighted by Crippen LogP contribution is 3.84. The van der Waals surface area contributed by atoms with E-state index in [0.717, 1.165) is 15.2 Å². The molecule has 0 radical (unpaired) electrons. The van der Waals surface area contributed by atoms with Crippen LogP contribution in [-0.2, 0) is 0 Å². The van der Waals surface area contributed by atoms with Crippen molar-refractivity contribution in [1.82, 2.24) is 0 Å². The van der Waals surface area contributed by atoms with E-state index in [-0.39, 0.29) is 6.64 Å². The number of fused-ring (bicyclic) bond motifs is 4. The van der Waals surface area contributed by atoms with E-state index in [4.69, 9.17) is 0 Å². The van der Waals surface area contributed by atoms with Crippen molar-refractivity contribution in [3.63, 3.8) is 0 Å². The van der Waals surface area contributed by atoms with E-state index < -0.39 is 0 Å². The van der Waals surface area contributed by atoms with Crippen LogP contribution in [0.3, 0.4) is 0 Å². The first-order valence-electron chi connectivity index (χ1n) is 3.30. The molecule has 0 amide bonds. The van der Waals surface area contributed by atoms with Crippen molar-refractivity contribution in [1.29, 1.82) is 0 Å². The third-order valence-corrected chi connectivity index (χ3v) is 34.6. The molecule has 0 bridgehead atoms. The Morgan fingerprint density at radius 1 is 1.50 bits per heavy atom.